The quantitative estimate of drug-likeness (QED) is 0.693. The van der Waals surface area contributed by atoms with Crippen molar-refractivity contribution in [3.63, 3.8) is 0 Å². The fourth-order valence-corrected chi connectivity index (χ4v) is 3.48. The molecule has 23 heavy (non-hydrogen) atoms. The van der Waals surface area contributed by atoms with E-state index in [2.05, 4.69) is 46.9 Å². The molecule has 10 heteroatoms. The number of nitrogens with one attached hydrogen (secondary N) is 1. The Balaban J connectivity index is 1.94. The summed E-state index contributed by atoms with van der Waals surface area (Å²) in [6.07, 6.45) is -3.10. The molecular weight excluding hydrogens is 465 g/mol. The zero-order valence-electron chi connectivity index (χ0n) is 11.3. The van der Waals surface area contributed by atoms with Crippen LogP contribution in [0.3, 0.4) is 0 Å². The van der Waals surface area contributed by atoms with Crippen molar-refractivity contribution < 1.29 is 22.7 Å². The number of alkyl halides is 3. The molecule has 2 heterocycles. The van der Waals surface area contributed by atoms with Crippen LogP contribution < -0.4 is 10.1 Å². The Morgan fingerprint density at radius 1 is 1.35 bits per heavy atom. The summed E-state index contributed by atoms with van der Waals surface area (Å²) in [5.74, 6) is -0.424. The van der Waals surface area contributed by atoms with E-state index >= 15 is 0 Å². The van der Waals surface area contributed by atoms with E-state index in [1.807, 2.05) is 0 Å². The molecule has 0 aliphatic carbocycles. The van der Waals surface area contributed by atoms with Gasteiger partial charge in [-0.15, -0.1) is 11.3 Å². The minimum Gasteiger partial charge on any atom is -0.468 e. The Bertz CT molecular complexity index is 687. The van der Waals surface area contributed by atoms with Crippen molar-refractivity contribution in [2.75, 3.05) is 6.61 Å². The van der Waals surface area contributed by atoms with Crippen molar-refractivity contribution in [2.45, 2.75) is 12.7 Å². The first kappa shape index (κ1) is 18.2. The third-order valence-corrected chi connectivity index (χ3v) is 5.76. The number of halogens is 5. The molecule has 1 N–H and O–H groups in total. The lowest BCUT2D eigenvalue weighted by Crippen LogP contribution is -2.22. The van der Waals surface area contributed by atoms with Crippen molar-refractivity contribution in [1.82, 2.24) is 10.3 Å². The van der Waals surface area contributed by atoms with Gasteiger partial charge in [0.25, 0.3) is 5.91 Å². The number of ether oxygens (including phenoxy) is 1. The van der Waals surface area contributed by atoms with Gasteiger partial charge in [0, 0.05) is 23.3 Å². The summed E-state index contributed by atoms with van der Waals surface area (Å²) in [7, 11) is 0. The van der Waals surface area contributed by atoms with Crippen LogP contribution in [-0.4, -0.2) is 23.7 Å². The van der Waals surface area contributed by atoms with Crippen LogP contribution in [-0.2, 0) is 6.54 Å². The summed E-state index contributed by atoms with van der Waals surface area (Å²) in [4.78, 5) is 16.2. The Morgan fingerprint density at radius 2 is 2.09 bits per heavy atom. The van der Waals surface area contributed by atoms with Crippen LogP contribution in [0, 0.1) is 0 Å². The zero-order chi connectivity index (χ0) is 17.0. The molecule has 0 spiro atoms. The number of amides is 1. The average Bonchev–Trinajstić information content (AvgIpc) is 2.82. The molecule has 2 aromatic heterocycles. The molecule has 4 nitrogen and oxygen atoms in total. The van der Waals surface area contributed by atoms with Gasteiger partial charge >= 0.3 is 6.18 Å². The largest absolute Gasteiger partial charge is 0.468 e. The minimum atomic E-state index is -4.42. The van der Waals surface area contributed by atoms with Crippen LogP contribution in [0.25, 0.3) is 0 Å². The number of aromatic nitrogens is 1. The Kier molecular flexibility index (Phi) is 6.04. The standard InChI is InChI=1S/C13H9Br2F3N2O2S/c14-8-4-9(23-11(8)15)12(21)20-5-7-1-2-19-10(3-7)22-6-13(16,17)18/h1-4H,5-6H2,(H,20,21). The number of carbonyl (C=O) groups is 1. The molecule has 1 amide bonds. The average molecular weight is 474 g/mol. The highest BCUT2D eigenvalue weighted by Gasteiger charge is 2.28. The monoisotopic (exact) mass is 472 g/mol. The maximum absolute atomic E-state index is 12.1. The molecule has 0 saturated heterocycles. The summed E-state index contributed by atoms with van der Waals surface area (Å²) < 4.78 is 42.4. The number of thiophene rings is 1. The van der Waals surface area contributed by atoms with Crippen LogP contribution >= 0.6 is 43.2 Å². The van der Waals surface area contributed by atoms with Crippen molar-refractivity contribution in [2.24, 2.45) is 0 Å². The van der Waals surface area contributed by atoms with Crippen LogP contribution in [0.1, 0.15) is 15.2 Å². The first-order valence-corrected chi connectivity index (χ1v) is 8.52. The lowest BCUT2D eigenvalue weighted by Gasteiger charge is -2.09. The van der Waals surface area contributed by atoms with Crippen LogP contribution in [0.5, 0.6) is 5.88 Å². The van der Waals surface area contributed by atoms with E-state index in [0.717, 1.165) is 8.26 Å². The number of carbonyl (C=O) groups excluding carboxylic acids is 1. The van der Waals surface area contributed by atoms with Crippen molar-refractivity contribution in [3.8, 4) is 5.88 Å². The molecule has 0 fully saturated rings. The lowest BCUT2D eigenvalue weighted by atomic mass is 10.2. The van der Waals surface area contributed by atoms with Gasteiger partial charge in [0.15, 0.2) is 6.61 Å². The van der Waals surface area contributed by atoms with Crippen LogP contribution in [0.4, 0.5) is 13.2 Å². The molecular formula is C13H9Br2F3N2O2S. The van der Waals surface area contributed by atoms with E-state index < -0.39 is 12.8 Å². The summed E-state index contributed by atoms with van der Waals surface area (Å²) in [6, 6.07) is 4.61. The number of hydrogen-bond donors (Lipinski definition) is 1. The van der Waals surface area contributed by atoms with E-state index in [-0.39, 0.29) is 18.3 Å². The molecule has 0 atom stereocenters. The summed E-state index contributed by atoms with van der Waals surface area (Å²) in [6.45, 7) is -1.26. The van der Waals surface area contributed by atoms with Gasteiger partial charge < -0.3 is 10.1 Å². The maximum Gasteiger partial charge on any atom is 0.422 e. The summed E-state index contributed by atoms with van der Waals surface area (Å²) >= 11 is 7.86. The van der Waals surface area contributed by atoms with Crippen molar-refractivity contribution >= 4 is 49.1 Å². The molecule has 124 valence electrons. The highest BCUT2D eigenvalue weighted by atomic mass is 79.9. The van der Waals surface area contributed by atoms with Gasteiger partial charge in [-0.3, -0.25) is 4.79 Å². The number of pyridine rings is 1. The smallest absolute Gasteiger partial charge is 0.422 e. The van der Waals surface area contributed by atoms with Crippen molar-refractivity contribution in [3.05, 3.63) is 43.1 Å². The molecule has 0 aliphatic heterocycles. The Labute approximate surface area is 150 Å². The summed E-state index contributed by atoms with van der Waals surface area (Å²) in [5, 5.41) is 2.68. The number of rotatable bonds is 5. The first-order chi connectivity index (χ1) is 10.7. The van der Waals surface area contributed by atoms with Gasteiger partial charge in [0.1, 0.15) is 0 Å². The summed E-state index contributed by atoms with van der Waals surface area (Å²) in [5.41, 5.74) is 0.584. The van der Waals surface area contributed by atoms with E-state index in [1.165, 1.54) is 23.6 Å². The van der Waals surface area contributed by atoms with E-state index in [4.69, 9.17) is 0 Å². The van der Waals surface area contributed by atoms with Gasteiger partial charge in [0.2, 0.25) is 5.88 Å². The highest BCUT2D eigenvalue weighted by Crippen LogP contribution is 2.32. The van der Waals surface area contributed by atoms with Gasteiger partial charge in [-0.05, 0) is 49.6 Å². The second kappa shape index (κ2) is 7.63. The fraction of sp³-hybridized carbons (Fsp3) is 0.231. The molecule has 0 radical (unpaired) electrons. The minimum absolute atomic E-state index is 0.143. The second-order valence-electron chi connectivity index (χ2n) is 4.32. The SMILES string of the molecule is O=C(NCc1ccnc(OCC(F)(F)F)c1)c1cc(Br)c(Br)s1. The second-order valence-corrected chi connectivity index (χ2v) is 7.55. The zero-order valence-corrected chi connectivity index (χ0v) is 15.3. The lowest BCUT2D eigenvalue weighted by molar-refractivity contribution is -0.154. The van der Waals surface area contributed by atoms with Crippen LogP contribution in [0.2, 0.25) is 0 Å². The molecule has 0 unspecified atom stereocenters. The normalized spacial score (nSPS) is 11.3. The number of hydrogen-bond acceptors (Lipinski definition) is 4. The fourth-order valence-electron chi connectivity index (χ4n) is 1.52. The first-order valence-electron chi connectivity index (χ1n) is 6.12. The van der Waals surface area contributed by atoms with E-state index in [9.17, 15) is 18.0 Å². The topological polar surface area (TPSA) is 51.2 Å². The molecule has 0 aliphatic rings. The molecule has 0 saturated carbocycles. The highest BCUT2D eigenvalue weighted by molar-refractivity contribution is 9.13. The molecule has 2 rings (SSSR count). The van der Waals surface area contributed by atoms with Gasteiger partial charge in [-0.2, -0.15) is 13.2 Å². The third-order valence-electron chi connectivity index (χ3n) is 2.50. The number of nitrogens with zero attached hydrogens (tertiary/aromatic N) is 1. The van der Waals surface area contributed by atoms with E-state index in [1.54, 1.807) is 12.1 Å². The van der Waals surface area contributed by atoms with Gasteiger partial charge in [-0.25, -0.2) is 4.98 Å². The van der Waals surface area contributed by atoms with E-state index in [0.29, 0.717) is 10.4 Å². The Morgan fingerprint density at radius 3 is 2.70 bits per heavy atom. The predicted octanol–water partition coefficient (Wildman–Crippen LogP) is 4.54. The van der Waals surface area contributed by atoms with Gasteiger partial charge in [-0.1, -0.05) is 0 Å². The third kappa shape index (κ3) is 5.78. The predicted molar refractivity (Wildman–Crippen MR) is 86.7 cm³/mol. The molecule has 0 bridgehead atoms. The van der Waals surface area contributed by atoms with Gasteiger partial charge in [0.05, 0.1) is 8.66 Å². The maximum atomic E-state index is 12.1. The molecule has 2 aromatic rings. The molecule has 0 aromatic carbocycles. The van der Waals surface area contributed by atoms with Crippen molar-refractivity contribution in [1.29, 1.82) is 0 Å². The van der Waals surface area contributed by atoms with Crippen LogP contribution in [0.15, 0.2) is 32.7 Å². The Hall–Kier alpha value is -1.13.